The first-order valence-electron chi connectivity index (χ1n) is 15.5. The molecule has 256 valence electrons. The Balaban J connectivity index is 1.36. The Morgan fingerprint density at radius 2 is 1.69 bits per heavy atom. The second-order valence-corrected chi connectivity index (χ2v) is 14.4. The third kappa shape index (κ3) is 8.62. The molecular formula is C35H37N5O7S2. The molecule has 5 rings (SSSR count). The summed E-state index contributed by atoms with van der Waals surface area (Å²) in [5, 5.41) is 6.01. The van der Waals surface area contributed by atoms with Crippen molar-refractivity contribution in [2.75, 3.05) is 23.8 Å². The van der Waals surface area contributed by atoms with Gasteiger partial charge in [-0.1, -0.05) is 78.8 Å². The predicted molar refractivity (Wildman–Crippen MR) is 188 cm³/mol. The van der Waals surface area contributed by atoms with Gasteiger partial charge in [0, 0.05) is 10.7 Å². The molecule has 2 atom stereocenters. The number of ether oxygens (including phenoxy) is 2. The van der Waals surface area contributed by atoms with Gasteiger partial charge in [0.05, 0.1) is 0 Å². The molecule has 0 aliphatic carbocycles. The Bertz CT molecular complexity index is 1720. The number of carbonyl (C=O) groups excluding carboxylic acids is 4. The third-order valence-electron chi connectivity index (χ3n) is 7.15. The molecule has 0 radical (unpaired) electrons. The molecule has 0 bridgehead atoms. The highest BCUT2D eigenvalue weighted by molar-refractivity contribution is 8.06. The standard InChI is InChI=1S/C35H37N5O7S2/c1-5-48-24-20-49-33-28(38-31(42)27(23-17-12-18-25(36)37-23)39-45-19-26(41)47-35(2,3)4)32(43)40(33)29(24)34(44)46-30(21-13-8-6-9-14-21)22-15-10-7-11-16-22/h6-18,28,30,33H,5,19-20H2,1-4H3,(H2,36,37)(H,38,42)/b39-27+. The number of oxime groups is 1. The number of hydrogen-bond donors (Lipinski definition) is 2. The molecule has 49 heavy (non-hydrogen) atoms. The number of aromatic nitrogens is 1. The van der Waals surface area contributed by atoms with Crippen molar-refractivity contribution in [1.29, 1.82) is 0 Å². The van der Waals surface area contributed by atoms with E-state index in [1.807, 2.05) is 67.6 Å². The van der Waals surface area contributed by atoms with Gasteiger partial charge in [-0.15, -0.1) is 23.5 Å². The topological polar surface area (TPSA) is 163 Å². The van der Waals surface area contributed by atoms with E-state index in [0.717, 1.165) is 11.1 Å². The van der Waals surface area contributed by atoms with Crippen LogP contribution >= 0.6 is 23.5 Å². The minimum absolute atomic E-state index is 0.0697. The lowest BCUT2D eigenvalue weighted by Gasteiger charge is -2.49. The van der Waals surface area contributed by atoms with Gasteiger partial charge >= 0.3 is 11.9 Å². The summed E-state index contributed by atoms with van der Waals surface area (Å²) in [5.74, 6) is -1.36. The fourth-order valence-corrected chi connectivity index (χ4v) is 7.53. The number of carbonyl (C=O) groups is 4. The van der Waals surface area contributed by atoms with Gasteiger partial charge in [0.15, 0.2) is 11.8 Å². The summed E-state index contributed by atoms with van der Waals surface area (Å²) in [7, 11) is 0. The molecule has 3 aromatic rings. The van der Waals surface area contributed by atoms with Gasteiger partial charge in [-0.3, -0.25) is 14.5 Å². The smallest absolute Gasteiger partial charge is 0.356 e. The predicted octanol–water partition coefficient (Wildman–Crippen LogP) is 4.42. The van der Waals surface area contributed by atoms with Crippen molar-refractivity contribution in [1.82, 2.24) is 15.2 Å². The van der Waals surface area contributed by atoms with Gasteiger partial charge < -0.3 is 25.4 Å². The number of nitrogens with zero attached hydrogens (tertiary/aromatic N) is 3. The molecule has 3 N–H and O–H groups in total. The van der Waals surface area contributed by atoms with E-state index in [1.54, 1.807) is 26.8 Å². The van der Waals surface area contributed by atoms with Crippen molar-refractivity contribution in [2.45, 2.75) is 50.8 Å². The van der Waals surface area contributed by atoms with Crippen LogP contribution in [0.5, 0.6) is 0 Å². The van der Waals surface area contributed by atoms with Crippen molar-refractivity contribution < 1.29 is 33.5 Å². The number of nitrogen functional groups attached to an aromatic ring is 1. The Labute approximate surface area is 292 Å². The van der Waals surface area contributed by atoms with Crippen LogP contribution in [0, 0.1) is 0 Å². The monoisotopic (exact) mass is 703 g/mol. The molecule has 2 aromatic carbocycles. The maximum absolute atomic E-state index is 14.0. The van der Waals surface area contributed by atoms with E-state index in [1.165, 1.54) is 40.6 Å². The molecule has 2 aliphatic heterocycles. The van der Waals surface area contributed by atoms with E-state index in [9.17, 15) is 19.2 Å². The van der Waals surface area contributed by atoms with Crippen LogP contribution < -0.4 is 11.1 Å². The molecule has 1 fully saturated rings. The number of hydrogen-bond acceptors (Lipinski definition) is 12. The molecule has 0 spiro atoms. The van der Waals surface area contributed by atoms with Crippen molar-refractivity contribution in [3.05, 3.63) is 106 Å². The summed E-state index contributed by atoms with van der Waals surface area (Å²) in [6.45, 7) is 6.53. The zero-order valence-electron chi connectivity index (χ0n) is 27.5. The summed E-state index contributed by atoms with van der Waals surface area (Å²) < 4.78 is 11.4. The number of fused-ring (bicyclic) bond motifs is 1. The van der Waals surface area contributed by atoms with Crippen LogP contribution in [0.1, 0.15) is 50.6 Å². The number of benzene rings is 2. The average molecular weight is 704 g/mol. The fourth-order valence-electron chi connectivity index (χ4n) is 5.13. The first-order chi connectivity index (χ1) is 23.5. The fraction of sp³-hybridized carbons (Fsp3) is 0.314. The van der Waals surface area contributed by atoms with Crippen molar-refractivity contribution >= 4 is 58.8 Å². The van der Waals surface area contributed by atoms with Crippen LogP contribution in [-0.2, 0) is 33.5 Å². The molecule has 1 saturated heterocycles. The first-order valence-corrected chi connectivity index (χ1v) is 17.6. The lowest BCUT2D eigenvalue weighted by molar-refractivity contribution is -0.160. The first kappa shape index (κ1) is 35.5. The zero-order valence-corrected chi connectivity index (χ0v) is 29.1. The lowest BCUT2D eigenvalue weighted by atomic mass is 10.0. The van der Waals surface area contributed by atoms with Crippen molar-refractivity contribution in [3.63, 3.8) is 0 Å². The van der Waals surface area contributed by atoms with E-state index in [-0.39, 0.29) is 22.9 Å². The second-order valence-electron chi connectivity index (χ2n) is 11.9. The number of thioether (sulfide) groups is 2. The third-order valence-corrected chi connectivity index (χ3v) is 9.59. The van der Waals surface area contributed by atoms with E-state index < -0.39 is 53.5 Å². The molecule has 3 heterocycles. The van der Waals surface area contributed by atoms with E-state index in [4.69, 9.17) is 20.0 Å². The minimum atomic E-state index is -0.996. The molecule has 14 heteroatoms. The SMILES string of the molecule is CCSC1=C(C(=O)OC(c2ccccc2)c2ccccc2)N2C(=O)C(NC(=O)/C(=N/OCC(=O)OC(C)(C)C)c3cccc(N)n3)C2SC1. The Morgan fingerprint density at radius 1 is 1.04 bits per heavy atom. The number of amides is 2. The highest BCUT2D eigenvalue weighted by Gasteiger charge is 2.55. The number of β-lactam (4-membered cyclic amide) rings is 1. The number of esters is 2. The summed E-state index contributed by atoms with van der Waals surface area (Å²) in [6, 6.07) is 22.4. The van der Waals surface area contributed by atoms with Crippen LogP contribution in [0.3, 0.4) is 0 Å². The van der Waals surface area contributed by atoms with Crippen molar-refractivity contribution in [3.8, 4) is 0 Å². The number of nitrogens with one attached hydrogen (secondary N) is 1. The zero-order chi connectivity index (χ0) is 35.1. The van der Waals surface area contributed by atoms with Gasteiger partial charge in [-0.05, 0) is 49.8 Å². The summed E-state index contributed by atoms with van der Waals surface area (Å²) in [6.07, 6.45) is -0.708. The molecule has 0 saturated carbocycles. The molecule has 12 nitrogen and oxygen atoms in total. The van der Waals surface area contributed by atoms with Crippen LogP contribution in [0.15, 0.2) is 94.6 Å². The molecular weight excluding hydrogens is 667 g/mol. The lowest BCUT2D eigenvalue weighted by Crippen LogP contribution is -2.71. The number of nitrogens with two attached hydrogens (primary N) is 1. The number of rotatable bonds is 12. The maximum Gasteiger partial charge on any atom is 0.356 e. The maximum atomic E-state index is 14.0. The van der Waals surface area contributed by atoms with E-state index in [2.05, 4.69) is 15.5 Å². The quantitative estimate of drug-likeness (QED) is 0.119. The minimum Gasteiger partial charge on any atom is -0.457 e. The van der Waals surface area contributed by atoms with Crippen LogP contribution in [0.2, 0.25) is 0 Å². The summed E-state index contributed by atoms with van der Waals surface area (Å²) >= 11 is 2.89. The molecule has 2 aliphatic rings. The second kappa shape index (κ2) is 15.6. The van der Waals surface area contributed by atoms with Crippen molar-refractivity contribution in [2.24, 2.45) is 5.16 Å². The van der Waals surface area contributed by atoms with Gasteiger partial charge in [0.25, 0.3) is 11.8 Å². The highest BCUT2D eigenvalue weighted by atomic mass is 32.2. The molecule has 1 aromatic heterocycles. The summed E-state index contributed by atoms with van der Waals surface area (Å²) in [4.78, 5) is 65.0. The van der Waals surface area contributed by atoms with E-state index in [0.29, 0.717) is 16.4 Å². The summed E-state index contributed by atoms with van der Waals surface area (Å²) in [5.41, 5.74) is 6.61. The van der Waals surface area contributed by atoms with Crippen LogP contribution in [0.4, 0.5) is 5.82 Å². The molecule has 2 amide bonds. The van der Waals surface area contributed by atoms with Crippen LogP contribution in [-0.4, -0.2) is 74.5 Å². The van der Waals surface area contributed by atoms with Gasteiger partial charge in [-0.2, -0.15) is 0 Å². The van der Waals surface area contributed by atoms with Gasteiger partial charge in [0.2, 0.25) is 6.61 Å². The van der Waals surface area contributed by atoms with Gasteiger partial charge in [0.1, 0.15) is 34.2 Å². The van der Waals surface area contributed by atoms with Gasteiger partial charge in [-0.25, -0.2) is 14.6 Å². The largest absolute Gasteiger partial charge is 0.457 e. The molecule has 2 unspecified atom stereocenters. The number of anilines is 1. The average Bonchev–Trinajstić information content (AvgIpc) is 3.07. The Morgan fingerprint density at radius 3 is 2.29 bits per heavy atom. The Kier molecular flexibility index (Phi) is 11.3. The Hall–Kier alpha value is -4.82. The number of pyridine rings is 1. The van der Waals surface area contributed by atoms with Crippen LogP contribution in [0.25, 0.3) is 0 Å². The highest BCUT2D eigenvalue weighted by Crippen LogP contribution is 2.44. The van der Waals surface area contributed by atoms with E-state index >= 15 is 0 Å². The normalized spacial score (nSPS) is 17.6.